The third kappa shape index (κ3) is 25.9. The van der Waals surface area contributed by atoms with Gasteiger partial charge in [-0.15, -0.1) is 0 Å². The molecule has 0 aliphatic rings. The molecule has 0 atom stereocenters. The van der Waals surface area contributed by atoms with Crippen LogP contribution in [0.5, 0.6) is 17.2 Å². The summed E-state index contributed by atoms with van der Waals surface area (Å²) in [6.45, 7) is 8.51. The molecule has 0 radical (unpaired) electrons. The van der Waals surface area contributed by atoms with Crippen LogP contribution in [0.2, 0.25) is 0 Å². The highest BCUT2D eigenvalue weighted by Gasteiger charge is 2.36. The smallest absolute Gasteiger partial charge is 0.226 e. The lowest BCUT2D eigenvalue weighted by Gasteiger charge is -2.36. The van der Waals surface area contributed by atoms with Gasteiger partial charge in [-0.05, 0) is 98.0 Å². The van der Waals surface area contributed by atoms with Crippen LogP contribution in [-0.4, -0.2) is 133 Å². The molecule has 0 aliphatic carbocycles. The van der Waals surface area contributed by atoms with Crippen LogP contribution in [0.4, 0.5) is 17.1 Å². The number of hydrogen-bond acceptors (Lipinski definition) is 14. The first kappa shape index (κ1) is 63.2. The molecule has 0 fully saturated rings. The van der Waals surface area contributed by atoms with Gasteiger partial charge in [0, 0.05) is 87.1 Å². The van der Waals surface area contributed by atoms with E-state index in [4.69, 9.17) is 28.4 Å². The molecule has 3 aromatic rings. The van der Waals surface area contributed by atoms with E-state index >= 15 is 0 Å². The lowest BCUT2D eigenvalue weighted by molar-refractivity contribution is -0.131. The monoisotopic (exact) mass is 1060 g/mol. The highest BCUT2D eigenvalue weighted by molar-refractivity contribution is 5.92. The molecular formula is C55H79N7O14. The van der Waals surface area contributed by atoms with Gasteiger partial charge in [0.15, 0.2) is 0 Å². The minimum atomic E-state index is -1.40. The number of carbonyl (C=O) groups excluding carboxylic acids is 8. The SMILES string of the molecule is COc1ccc(NC(=O)CCNC(=O)CCOCC(COCCC(=O)NCCC(=O)Nc2ccc(OC)cc2)(COCCC(=O)NCCC(=O)Nc2ccc(OC)cc2)NC(=O)CCC(C)(C)CC(C)(C)C(C)=O)cc1. The second kappa shape index (κ2) is 33.0. The van der Waals surface area contributed by atoms with Crippen molar-refractivity contribution in [2.75, 3.05) is 96.6 Å². The average Bonchev–Trinajstić information content (AvgIpc) is 3.37. The Morgan fingerprint density at radius 1 is 0.421 bits per heavy atom. The van der Waals surface area contributed by atoms with Gasteiger partial charge in [0.2, 0.25) is 41.4 Å². The van der Waals surface area contributed by atoms with Gasteiger partial charge in [0.05, 0.1) is 61.0 Å². The second-order valence-electron chi connectivity index (χ2n) is 19.6. The number of benzene rings is 3. The van der Waals surface area contributed by atoms with Crippen molar-refractivity contribution in [2.24, 2.45) is 10.8 Å². The zero-order chi connectivity index (χ0) is 56.0. The number of rotatable bonds is 37. The third-order valence-corrected chi connectivity index (χ3v) is 12.0. The van der Waals surface area contributed by atoms with Gasteiger partial charge in [-0.3, -0.25) is 38.4 Å². The van der Waals surface area contributed by atoms with Crippen LogP contribution in [0.3, 0.4) is 0 Å². The summed E-state index contributed by atoms with van der Waals surface area (Å²) >= 11 is 0. The maximum Gasteiger partial charge on any atom is 0.226 e. The van der Waals surface area contributed by atoms with Gasteiger partial charge in [0.25, 0.3) is 0 Å². The normalized spacial score (nSPS) is 11.4. The molecule has 0 saturated carbocycles. The predicted molar refractivity (Wildman–Crippen MR) is 287 cm³/mol. The summed E-state index contributed by atoms with van der Waals surface area (Å²) in [5.41, 5.74) is -0.689. The van der Waals surface area contributed by atoms with Crippen LogP contribution >= 0.6 is 0 Å². The zero-order valence-corrected chi connectivity index (χ0v) is 45.4. The minimum absolute atomic E-state index is 0.0153. The largest absolute Gasteiger partial charge is 0.497 e. The van der Waals surface area contributed by atoms with Crippen LogP contribution in [-0.2, 0) is 52.6 Å². The van der Waals surface area contributed by atoms with Crippen molar-refractivity contribution in [3.05, 3.63) is 72.8 Å². The van der Waals surface area contributed by atoms with Gasteiger partial charge in [-0.2, -0.15) is 0 Å². The van der Waals surface area contributed by atoms with E-state index < -0.39 is 16.4 Å². The maximum atomic E-state index is 13.9. The number of amides is 7. The van der Waals surface area contributed by atoms with Crippen molar-refractivity contribution in [3.63, 3.8) is 0 Å². The standard InChI is InChI=1S/C55H79N7O14/c1-39(63)54(4,5)35-53(2,3)28-21-52(70)62-55(36-74-32-25-46(64)56-29-22-49(67)59-40-9-15-43(71-6)16-10-40,37-75-33-26-47(65)57-30-23-50(68)60-41-11-17-44(72-7)18-12-41)38-76-34-27-48(66)58-31-24-51(69)61-42-13-19-45(73-8)20-14-42/h9-20H,21-38H2,1-8H3,(H,56,64)(H,57,65)(H,58,66)(H,59,67)(H,60,68)(H,61,69)(H,62,70). The molecule has 0 aromatic heterocycles. The van der Waals surface area contributed by atoms with Crippen molar-refractivity contribution in [1.82, 2.24) is 21.3 Å². The molecule has 76 heavy (non-hydrogen) atoms. The fourth-order valence-corrected chi connectivity index (χ4v) is 7.65. The summed E-state index contributed by atoms with van der Waals surface area (Å²) in [6.07, 6.45) is 0.768. The molecule has 21 heteroatoms. The third-order valence-electron chi connectivity index (χ3n) is 12.0. The first-order chi connectivity index (χ1) is 36.1. The Hall–Kier alpha value is -7.10. The van der Waals surface area contributed by atoms with Crippen LogP contribution in [0.15, 0.2) is 72.8 Å². The number of Topliss-reactive ketones (excluding diaryl/α,β-unsaturated/α-hetero) is 1. The van der Waals surface area contributed by atoms with Crippen LogP contribution in [0, 0.1) is 10.8 Å². The highest BCUT2D eigenvalue weighted by atomic mass is 16.5. The number of anilines is 3. The lowest BCUT2D eigenvalue weighted by atomic mass is 9.71. The Morgan fingerprint density at radius 3 is 1.03 bits per heavy atom. The summed E-state index contributed by atoms with van der Waals surface area (Å²) < 4.78 is 33.6. The topological polar surface area (TPSA) is 276 Å². The quantitative estimate of drug-likeness (QED) is 0.0360. The van der Waals surface area contributed by atoms with Crippen molar-refractivity contribution in [3.8, 4) is 17.2 Å². The molecular weight excluding hydrogens is 983 g/mol. The minimum Gasteiger partial charge on any atom is -0.497 e. The summed E-state index contributed by atoms with van der Waals surface area (Å²) in [4.78, 5) is 102. The average molecular weight is 1060 g/mol. The van der Waals surface area contributed by atoms with Crippen molar-refractivity contribution in [1.29, 1.82) is 0 Å². The van der Waals surface area contributed by atoms with Gasteiger partial charge in [-0.25, -0.2) is 0 Å². The number of carbonyl (C=O) groups is 8. The van der Waals surface area contributed by atoms with E-state index in [0.717, 1.165) is 0 Å². The molecule has 3 rings (SSSR count). The predicted octanol–water partition coefficient (Wildman–Crippen LogP) is 5.33. The number of methoxy groups -OCH3 is 3. The number of ketones is 1. The fourth-order valence-electron chi connectivity index (χ4n) is 7.65. The Labute approximate surface area is 446 Å². The molecule has 0 heterocycles. The highest BCUT2D eigenvalue weighted by Crippen LogP contribution is 2.37. The van der Waals surface area contributed by atoms with Crippen molar-refractivity contribution < 1.29 is 66.8 Å². The van der Waals surface area contributed by atoms with E-state index in [9.17, 15) is 38.4 Å². The van der Waals surface area contributed by atoms with Crippen molar-refractivity contribution in [2.45, 2.75) is 97.9 Å². The van der Waals surface area contributed by atoms with Gasteiger partial charge >= 0.3 is 0 Å². The van der Waals surface area contributed by atoms with E-state index in [1.165, 1.54) is 0 Å². The van der Waals surface area contributed by atoms with Gasteiger partial charge < -0.3 is 65.6 Å². The van der Waals surface area contributed by atoms with E-state index in [-0.39, 0.29) is 151 Å². The first-order valence-corrected chi connectivity index (χ1v) is 25.3. The molecule has 3 aromatic carbocycles. The number of nitrogens with one attached hydrogen (secondary N) is 7. The van der Waals surface area contributed by atoms with Crippen molar-refractivity contribution >= 4 is 64.2 Å². The Balaban J connectivity index is 1.66. The van der Waals surface area contributed by atoms with Crippen LogP contribution in [0.1, 0.15) is 92.4 Å². The number of hydrogen-bond donors (Lipinski definition) is 7. The summed E-state index contributed by atoms with van der Waals surface area (Å²) in [6, 6.07) is 20.5. The molecule has 0 saturated heterocycles. The lowest BCUT2D eigenvalue weighted by Crippen LogP contribution is -2.59. The molecule has 418 valence electrons. The molecule has 0 spiro atoms. The molecule has 0 unspecified atom stereocenters. The van der Waals surface area contributed by atoms with E-state index in [1.54, 1.807) is 101 Å². The maximum absolute atomic E-state index is 13.9. The van der Waals surface area contributed by atoms with E-state index in [0.29, 0.717) is 47.2 Å². The summed E-state index contributed by atoms with van der Waals surface area (Å²) in [7, 11) is 4.63. The Morgan fingerprint density at radius 2 is 0.737 bits per heavy atom. The second-order valence-corrected chi connectivity index (χ2v) is 19.6. The molecule has 7 amide bonds. The molecule has 0 aliphatic heterocycles. The van der Waals surface area contributed by atoms with Gasteiger partial charge in [-0.1, -0.05) is 27.7 Å². The van der Waals surface area contributed by atoms with E-state index in [2.05, 4.69) is 37.2 Å². The molecule has 21 nitrogen and oxygen atoms in total. The summed E-state index contributed by atoms with van der Waals surface area (Å²) in [5.74, 6) is -0.486. The molecule has 0 bridgehead atoms. The van der Waals surface area contributed by atoms with E-state index in [1.807, 2.05) is 27.7 Å². The Bertz CT molecular complexity index is 2110. The van der Waals surface area contributed by atoms with Crippen LogP contribution < -0.4 is 51.4 Å². The summed E-state index contributed by atoms with van der Waals surface area (Å²) in [5, 5.41) is 19.4. The number of ether oxygens (including phenoxy) is 6. The molecule has 7 N–H and O–H groups in total. The van der Waals surface area contributed by atoms with Crippen LogP contribution in [0.25, 0.3) is 0 Å². The Kier molecular flexibility index (Phi) is 27.5. The fraction of sp³-hybridized carbons (Fsp3) is 0.527. The van der Waals surface area contributed by atoms with Gasteiger partial charge in [0.1, 0.15) is 28.6 Å². The zero-order valence-electron chi connectivity index (χ0n) is 45.4. The first-order valence-electron chi connectivity index (χ1n) is 25.3.